The first-order chi connectivity index (χ1) is 17.1. The predicted octanol–water partition coefficient (Wildman–Crippen LogP) is -4.06. The topological polar surface area (TPSA) is 36.9 Å². The molecule has 0 spiro atoms. The van der Waals surface area contributed by atoms with E-state index in [1.807, 2.05) is 0 Å². The maximum atomic E-state index is 5.83. The first-order valence-electron chi connectivity index (χ1n) is 14.7. The van der Waals surface area contributed by atoms with Crippen LogP contribution in [-0.4, -0.2) is 178 Å². The van der Waals surface area contributed by atoms with Crippen LogP contribution < -0.4 is 48.0 Å². The van der Waals surface area contributed by atoms with E-state index in [0.717, 1.165) is 123 Å². The summed E-state index contributed by atoms with van der Waals surface area (Å²) in [5, 5.41) is 0. The first kappa shape index (κ1) is 41.3. The number of morpholine rings is 2. The summed E-state index contributed by atoms with van der Waals surface area (Å²) in [5.41, 5.74) is 0. The summed E-state index contributed by atoms with van der Waals surface area (Å²) in [4.78, 5) is 0. The van der Waals surface area contributed by atoms with Crippen molar-refractivity contribution < 1.29 is 84.8 Å². The zero-order valence-corrected chi connectivity index (χ0v) is 30.6. The van der Waals surface area contributed by atoms with E-state index in [1.54, 1.807) is 0 Å². The Bertz CT molecular complexity index is 507. The molecule has 8 nitrogen and oxygen atoms in total. The molecule has 2 rings (SSSR count). The lowest BCUT2D eigenvalue weighted by atomic mass is 10.3. The molecule has 2 saturated heterocycles. The number of hydrogen-bond acceptors (Lipinski definition) is 4. The van der Waals surface area contributed by atoms with E-state index >= 15 is 0 Å². The Morgan fingerprint density at radius 1 is 0.553 bits per heavy atom. The van der Waals surface area contributed by atoms with Crippen LogP contribution in [0.25, 0.3) is 0 Å². The maximum Gasteiger partial charge on any atom is 0.102 e. The summed E-state index contributed by atoms with van der Waals surface area (Å²) in [6.07, 6.45) is 0. The highest BCUT2D eigenvalue weighted by atomic mass is 127. The van der Waals surface area contributed by atoms with Gasteiger partial charge < -0.3 is 84.8 Å². The molecule has 0 saturated carbocycles. The lowest BCUT2D eigenvalue weighted by molar-refractivity contribution is -0.918. The molecule has 38 heavy (non-hydrogen) atoms. The van der Waals surface area contributed by atoms with Crippen molar-refractivity contribution in [2.24, 2.45) is 0 Å². The fourth-order valence-electron chi connectivity index (χ4n) is 4.44. The van der Waals surface area contributed by atoms with Gasteiger partial charge in [0.05, 0.1) is 107 Å². The van der Waals surface area contributed by atoms with E-state index in [2.05, 4.69) is 55.9 Å². The quantitative estimate of drug-likeness (QED) is 0.0911. The summed E-state index contributed by atoms with van der Waals surface area (Å²) in [6.45, 7) is 29.9. The van der Waals surface area contributed by atoms with Gasteiger partial charge in [-0.1, -0.05) is 0 Å². The van der Waals surface area contributed by atoms with Crippen LogP contribution in [0.1, 0.15) is 27.7 Å². The molecule has 0 aromatic rings. The minimum absolute atomic E-state index is 0. The van der Waals surface area contributed by atoms with Gasteiger partial charge in [-0.05, 0) is 27.7 Å². The minimum Gasteiger partial charge on any atom is -1.00 e. The number of hydrogen-bond donors (Lipinski definition) is 0. The average molecular weight is 775 g/mol. The molecule has 0 N–H and O–H groups in total. The molecular formula is C28H64I2N4O4+2. The molecule has 0 amide bonds. The van der Waals surface area contributed by atoms with Crippen LogP contribution in [-0.2, 0) is 18.9 Å². The Morgan fingerprint density at radius 3 is 1.11 bits per heavy atom. The van der Waals surface area contributed by atoms with Gasteiger partial charge >= 0.3 is 0 Å². The van der Waals surface area contributed by atoms with Gasteiger partial charge in [-0.3, -0.25) is 0 Å². The molecule has 0 unspecified atom stereocenters. The second-order valence-corrected chi connectivity index (χ2v) is 12.0. The van der Waals surface area contributed by atoms with Gasteiger partial charge in [0.1, 0.15) is 52.4 Å². The van der Waals surface area contributed by atoms with Crippen molar-refractivity contribution in [2.75, 3.05) is 160 Å². The largest absolute Gasteiger partial charge is 1.00 e. The maximum absolute atomic E-state index is 5.83. The van der Waals surface area contributed by atoms with Crippen molar-refractivity contribution in [1.29, 1.82) is 0 Å². The Morgan fingerprint density at radius 2 is 0.842 bits per heavy atom. The summed E-state index contributed by atoms with van der Waals surface area (Å²) in [7, 11) is 9.23. The van der Waals surface area contributed by atoms with Gasteiger partial charge in [-0.2, -0.15) is 0 Å². The van der Waals surface area contributed by atoms with Crippen LogP contribution in [0.5, 0.6) is 0 Å². The van der Waals surface area contributed by atoms with Crippen molar-refractivity contribution in [3.05, 3.63) is 0 Å². The standard InChI is InChI=1S/2C14H32N2O2.2HI/c2*1-5-15(3,6-2)7-11-17-12-8-16(4)9-13-18-14-10-16;;/h2*5-14H2,1-4H3;2*1H/q2*+2;;/p-2. The smallest absolute Gasteiger partial charge is 0.102 e. The number of rotatable bonds is 16. The fourth-order valence-corrected chi connectivity index (χ4v) is 4.44. The fraction of sp³-hybridized carbons (Fsp3) is 1.00. The van der Waals surface area contributed by atoms with Crippen molar-refractivity contribution >= 4 is 0 Å². The number of halogens is 2. The van der Waals surface area contributed by atoms with Crippen LogP contribution in [0, 0.1) is 0 Å². The van der Waals surface area contributed by atoms with E-state index in [4.69, 9.17) is 18.9 Å². The molecule has 0 aliphatic carbocycles. The van der Waals surface area contributed by atoms with Crippen molar-refractivity contribution in [3.63, 3.8) is 0 Å². The normalized spacial score (nSPS) is 18.9. The van der Waals surface area contributed by atoms with Gasteiger partial charge in [-0.25, -0.2) is 0 Å². The van der Waals surface area contributed by atoms with E-state index in [-0.39, 0.29) is 48.0 Å². The molecule has 232 valence electrons. The Labute approximate surface area is 270 Å². The zero-order valence-electron chi connectivity index (χ0n) is 26.3. The summed E-state index contributed by atoms with van der Waals surface area (Å²) in [5.74, 6) is 0. The summed E-state index contributed by atoms with van der Waals surface area (Å²) in [6, 6.07) is 0. The Balaban J connectivity index is 0. The van der Waals surface area contributed by atoms with Gasteiger partial charge in [0.2, 0.25) is 0 Å². The van der Waals surface area contributed by atoms with Crippen LogP contribution in [0.15, 0.2) is 0 Å². The minimum atomic E-state index is 0. The third-order valence-electron chi connectivity index (χ3n) is 9.26. The summed E-state index contributed by atoms with van der Waals surface area (Å²) >= 11 is 0. The molecule has 0 aromatic carbocycles. The average Bonchev–Trinajstić information content (AvgIpc) is 2.89. The van der Waals surface area contributed by atoms with Gasteiger partial charge in [0.15, 0.2) is 0 Å². The van der Waals surface area contributed by atoms with Crippen LogP contribution in [0.4, 0.5) is 0 Å². The van der Waals surface area contributed by atoms with Gasteiger partial charge in [0.25, 0.3) is 0 Å². The highest BCUT2D eigenvalue weighted by Crippen LogP contribution is 2.08. The number of ether oxygens (including phenoxy) is 4. The Kier molecular flexibility index (Phi) is 23.7. The molecule has 0 radical (unpaired) electrons. The molecule has 0 bridgehead atoms. The zero-order chi connectivity index (χ0) is 27.0. The Hall–Kier alpha value is 1.14. The van der Waals surface area contributed by atoms with Crippen LogP contribution in [0.3, 0.4) is 0 Å². The van der Waals surface area contributed by atoms with Crippen molar-refractivity contribution in [2.45, 2.75) is 27.7 Å². The number of nitrogens with zero attached hydrogens (tertiary/aromatic N) is 4. The molecule has 0 aromatic heterocycles. The predicted molar refractivity (Wildman–Crippen MR) is 149 cm³/mol. The van der Waals surface area contributed by atoms with E-state index in [1.165, 1.54) is 26.2 Å². The molecule has 2 aliphatic rings. The first-order valence-corrected chi connectivity index (χ1v) is 14.7. The van der Waals surface area contributed by atoms with E-state index in [0.29, 0.717) is 0 Å². The van der Waals surface area contributed by atoms with E-state index < -0.39 is 0 Å². The van der Waals surface area contributed by atoms with Gasteiger partial charge in [-0.15, -0.1) is 0 Å². The second-order valence-electron chi connectivity index (χ2n) is 12.0. The van der Waals surface area contributed by atoms with E-state index in [9.17, 15) is 0 Å². The van der Waals surface area contributed by atoms with Crippen molar-refractivity contribution in [3.8, 4) is 0 Å². The highest BCUT2D eigenvalue weighted by Gasteiger charge is 2.26. The SMILES string of the molecule is CC[N+](C)(CC)CCOCC[N+]1(C)CCOCC1.CC[N+](C)(CC)CCOCC[N+]1(C)CCOCC1.[I-].[I-]. The molecule has 0 atom stereocenters. The van der Waals surface area contributed by atoms with Gasteiger partial charge in [0, 0.05) is 0 Å². The molecule has 2 fully saturated rings. The third kappa shape index (κ3) is 17.2. The molecule has 2 heterocycles. The third-order valence-corrected chi connectivity index (χ3v) is 9.26. The second kappa shape index (κ2) is 21.8. The van der Waals surface area contributed by atoms with Crippen LogP contribution >= 0.6 is 0 Å². The molecule has 10 heteroatoms. The van der Waals surface area contributed by atoms with Crippen molar-refractivity contribution in [1.82, 2.24) is 0 Å². The number of quaternary nitrogens is 4. The lowest BCUT2D eigenvalue weighted by Gasteiger charge is -2.37. The van der Waals surface area contributed by atoms with Crippen LogP contribution in [0.2, 0.25) is 0 Å². The number of likely N-dealkylation sites (N-methyl/N-ethyl adjacent to an activating group) is 4. The highest BCUT2D eigenvalue weighted by molar-refractivity contribution is 4.48. The monoisotopic (exact) mass is 774 g/mol. The summed E-state index contributed by atoms with van der Waals surface area (Å²) < 4.78 is 26.9. The molecular weight excluding hydrogens is 710 g/mol. The lowest BCUT2D eigenvalue weighted by Crippen LogP contribution is -3.00. The molecule has 2 aliphatic heterocycles.